The van der Waals surface area contributed by atoms with E-state index in [1.165, 1.54) is 0 Å². The molecule has 20 heavy (non-hydrogen) atoms. The average Bonchev–Trinajstić information content (AvgIpc) is 2.96. The highest BCUT2D eigenvalue weighted by atomic mass is 16.5. The van der Waals surface area contributed by atoms with Crippen molar-refractivity contribution in [3.8, 4) is 0 Å². The number of aryl methyl sites for hydroxylation is 2. The molecule has 0 fully saturated rings. The van der Waals surface area contributed by atoms with Gasteiger partial charge in [-0.15, -0.1) is 0 Å². The van der Waals surface area contributed by atoms with Crippen LogP contribution in [0.2, 0.25) is 0 Å². The van der Waals surface area contributed by atoms with Crippen molar-refractivity contribution in [2.24, 2.45) is 0 Å². The molecule has 0 spiro atoms. The van der Waals surface area contributed by atoms with E-state index in [0.29, 0.717) is 11.5 Å². The molecule has 0 radical (unpaired) electrons. The first kappa shape index (κ1) is 12.4. The third-order valence-corrected chi connectivity index (χ3v) is 3.20. The minimum atomic E-state index is -0.0198. The predicted octanol–water partition coefficient (Wildman–Crippen LogP) is 1.71. The van der Waals surface area contributed by atoms with Gasteiger partial charge in [-0.05, 0) is 20.8 Å². The zero-order valence-corrected chi connectivity index (χ0v) is 11.4. The summed E-state index contributed by atoms with van der Waals surface area (Å²) in [5, 5.41) is 14.8. The molecule has 1 unspecified atom stereocenters. The number of aromatic nitrogens is 5. The van der Waals surface area contributed by atoms with Crippen LogP contribution in [0.3, 0.4) is 0 Å². The second-order valence-electron chi connectivity index (χ2n) is 4.67. The lowest BCUT2D eigenvalue weighted by Crippen LogP contribution is -2.11. The molecule has 0 saturated heterocycles. The van der Waals surface area contributed by atoms with Gasteiger partial charge in [0, 0.05) is 5.56 Å². The van der Waals surface area contributed by atoms with Gasteiger partial charge in [0.2, 0.25) is 5.95 Å². The quantitative estimate of drug-likeness (QED) is 0.664. The zero-order valence-electron chi connectivity index (χ0n) is 11.4. The van der Waals surface area contributed by atoms with E-state index in [2.05, 4.69) is 30.6 Å². The van der Waals surface area contributed by atoms with Gasteiger partial charge in [0.25, 0.3) is 0 Å². The van der Waals surface area contributed by atoms with Crippen molar-refractivity contribution in [1.82, 2.24) is 25.3 Å². The third-order valence-electron chi connectivity index (χ3n) is 3.20. The molecule has 0 bridgehead atoms. The van der Waals surface area contributed by atoms with Crippen LogP contribution in [0.5, 0.6) is 0 Å². The fourth-order valence-corrected chi connectivity index (χ4v) is 2.35. The molecule has 104 valence electrons. The van der Waals surface area contributed by atoms with Crippen LogP contribution in [0, 0.1) is 13.8 Å². The first-order valence-electron chi connectivity index (χ1n) is 6.22. The highest BCUT2D eigenvalue weighted by Gasteiger charge is 2.18. The van der Waals surface area contributed by atoms with Crippen LogP contribution in [-0.4, -0.2) is 25.3 Å². The Hall–Kier alpha value is -2.64. The minimum Gasteiger partial charge on any atom is -0.368 e. The molecular weight excluding hydrogens is 258 g/mol. The molecule has 0 amide bonds. The Balaban J connectivity index is 1.99. The summed E-state index contributed by atoms with van der Waals surface area (Å²) in [6, 6.07) is -0.0198. The molecule has 0 saturated carbocycles. The number of nitrogens with one attached hydrogen (secondary N) is 2. The van der Waals surface area contributed by atoms with E-state index in [-0.39, 0.29) is 12.0 Å². The summed E-state index contributed by atoms with van der Waals surface area (Å²) in [7, 11) is 0. The highest BCUT2D eigenvalue weighted by Crippen LogP contribution is 2.27. The van der Waals surface area contributed by atoms with Crippen LogP contribution < -0.4 is 11.1 Å². The van der Waals surface area contributed by atoms with E-state index >= 15 is 0 Å². The highest BCUT2D eigenvalue weighted by molar-refractivity contribution is 5.86. The number of rotatable bonds is 3. The Labute approximate surface area is 114 Å². The van der Waals surface area contributed by atoms with Gasteiger partial charge in [0.15, 0.2) is 5.65 Å². The number of hydrogen-bond donors (Lipinski definition) is 3. The van der Waals surface area contributed by atoms with Gasteiger partial charge in [-0.1, -0.05) is 5.16 Å². The second kappa shape index (κ2) is 4.48. The van der Waals surface area contributed by atoms with Crippen molar-refractivity contribution in [3.05, 3.63) is 23.2 Å². The van der Waals surface area contributed by atoms with Crippen molar-refractivity contribution in [1.29, 1.82) is 0 Å². The van der Waals surface area contributed by atoms with E-state index in [1.54, 1.807) is 6.20 Å². The van der Waals surface area contributed by atoms with Crippen molar-refractivity contribution in [2.45, 2.75) is 26.8 Å². The number of nitrogens with zero attached hydrogens (tertiary/aromatic N) is 4. The number of H-pyrrole nitrogens is 1. The molecule has 3 heterocycles. The zero-order chi connectivity index (χ0) is 14.3. The fraction of sp³-hybridized carbons (Fsp3) is 0.333. The molecule has 8 nitrogen and oxygen atoms in total. The Morgan fingerprint density at radius 2 is 2.15 bits per heavy atom. The Morgan fingerprint density at radius 1 is 1.35 bits per heavy atom. The summed E-state index contributed by atoms with van der Waals surface area (Å²) >= 11 is 0. The van der Waals surface area contributed by atoms with E-state index in [0.717, 1.165) is 22.4 Å². The number of hydrogen-bond acceptors (Lipinski definition) is 7. The van der Waals surface area contributed by atoms with Gasteiger partial charge >= 0.3 is 0 Å². The first-order chi connectivity index (χ1) is 9.56. The van der Waals surface area contributed by atoms with Gasteiger partial charge in [-0.3, -0.25) is 5.10 Å². The smallest absolute Gasteiger partial charge is 0.224 e. The standard InChI is InChI=1S/C12H15N7O/c1-5(9-6(2)19-20-7(9)3)15-10-8-4-14-18-11(8)17-12(13)16-10/h4-5H,1-3H3,(H4,13,14,15,16,17,18). The minimum absolute atomic E-state index is 0.0198. The number of nitrogens with two attached hydrogens (primary N) is 1. The number of aromatic amines is 1. The molecular formula is C12H15N7O. The van der Waals surface area contributed by atoms with E-state index in [4.69, 9.17) is 10.3 Å². The molecule has 3 rings (SSSR count). The number of fused-ring (bicyclic) bond motifs is 1. The van der Waals surface area contributed by atoms with E-state index < -0.39 is 0 Å². The molecule has 3 aromatic rings. The normalized spacial score (nSPS) is 12.8. The summed E-state index contributed by atoms with van der Waals surface area (Å²) in [4.78, 5) is 8.31. The van der Waals surface area contributed by atoms with Crippen molar-refractivity contribution in [2.75, 3.05) is 11.1 Å². The SMILES string of the molecule is Cc1noc(C)c1C(C)Nc1nc(N)nc2[nH]ncc12. The lowest BCUT2D eigenvalue weighted by Gasteiger charge is -2.15. The molecule has 1 atom stereocenters. The maximum atomic E-state index is 5.70. The van der Waals surface area contributed by atoms with E-state index in [9.17, 15) is 0 Å². The fourth-order valence-electron chi connectivity index (χ4n) is 2.35. The van der Waals surface area contributed by atoms with Gasteiger partial charge in [0.1, 0.15) is 11.6 Å². The molecule has 8 heteroatoms. The molecule has 0 aliphatic rings. The summed E-state index contributed by atoms with van der Waals surface area (Å²) in [5.74, 6) is 1.61. The predicted molar refractivity (Wildman–Crippen MR) is 74.1 cm³/mol. The lowest BCUT2D eigenvalue weighted by molar-refractivity contribution is 0.392. The largest absolute Gasteiger partial charge is 0.368 e. The van der Waals surface area contributed by atoms with Crippen molar-refractivity contribution < 1.29 is 4.52 Å². The summed E-state index contributed by atoms with van der Waals surface area (Å²) < 4.78 is 5.18. The van der Waals surface area contributed by atoms with Gasteiger partial charge < -0.3 is 15.6 Å². The first-order valence-corrected chi connectivity index (χ1v) is 6.22. The van der Waals surface area contributed by atoms with Crippen LogP contribution >= 0.6 is 0 Å². The number of anilines is 2. The molecule has 0 aliphatic carbocycles. The summed E-state index contributed by atoms with van der Waals surface area (Å²) in [6.07, 6.45) is 1.66. The Bertz CT molecular complexity index is 741. The maximum absolute atomic E-state index is 5.70. The maximum Gasteiger partial charge on any atom is 0.224 e. The lowest BCUT2D eigenvalue weighted by atomic mass is 10.1. The summed E-state index contributed by atoms with van der Waals surface area (Å²) in [6.45, 7) is 5.80. The summed E-state index contributed by atoms with van der Waals surface area (Å²) in [5.41, 5.74) is 8.17. The van der Waals surface area contributed by atoms with Crippen molar-refractivity contribution in [3.63, 3.8) is 0 Å². The van der Waals surface area contributed by atoms with Gasteiger partial charge in [-0.25, -0.2) is 0 Å². The van der Waals surface area contributed by atoms with E-state index in [1.807, 2.05) is 20.8 Å². The molecule has 0 aromatic carbocycles. The Kier molecular flexibility index (Phi) is 2.78. The topological polar surface area (TPSA) is 119 Å². The van der Waals surface area contributed by atoms with Crippen LogP contribution in [-0.2, 0) is 0 Å². The monoisotopic (exact) mass is 273 g/mol. The van der Waals surface area contributed by atoms with Crippen LogP contribution in [0.15, 0.2) is 10.7 Å². The molecule has 0 aliphatic heterocycles. The Morgan fingerprint density at radius 3 is 2.85 bits per heavy atom. The molecule has 3 aromatic heterocycles. The number of nitrogen functional groups attached to an aromatic ring is 1. The van der Waals surface area contributed by atoms with Crippen LogP contribution in [0.1, 0.15) is 30.0 Å². The van der Waals surface area contributed by atoms with Crippen molar-refractivity contribution >= 4 is 22.8 Å². The van der Waals surface area contributed by atoms with Crippen LogP contribution in [0.4, 0.5) is 11.8 Å². The van der Waals surface area contributed by atoms with Gasteiger partial charge in [0.05, 0.1) is 23.3 Å². The van der Waals surface area contributed by atoms with Crippen LogP contribution in [0.25, 0.3) is 11.0 Å². The van der Waals surface area contributed by atoms with Gasteiger partial charge in [-0.2, -0.15) is 15.1 Å². The third kappa shape index (κ3) is 1.94. The second-order valence-corrected chi connectivity index (χ2v) is 4.67. The average molecular weight is 273 g/mol. The molecule has 4 N–H and O–H groups in total.